The molecule has 1 N–H and O–H groups in total. The first-order chi connectivity index (χ1) is 9.10. The zero-order valence-electron chi connectivity index (χ0n) is 9.94. The van der Waals surface area contributed by atoms with Gasteiger partial charge in [-0.05, 0) is 23.8 Å². The van der Waals surface area contributed by atoms with Crippen LogP contribution in [0.4, 0.5) is 4.39 Å². The number of ketones is 1. The molecule has 0 saturated carbocycles. The van der Waals surface area contributed by atoms with Crippen molar-refractivity contribution in [1.82, 2.24) is 4.98 Å². The first-order valence-corrected chi connectivity index (χ1v) is 6.01. The molecule has 0 unspecified atom stereocenters. The average Bonchev–Trinajstić information content (AvgIpc) is 2.41. The predicted octanol–water partition coefficient (Wildman–Crippen LogP) is 2.79. The number of halogens is 2. The van der Waals surface area contributed by atoms with Crippen molar-refractivity contribution < 1.29 is 14.3 Å². The number of carbonyl (C=O) groups is 1. The Hall–Kier alpha value is -1.78. The Morgan fingerprint density at radius 1 is 1.32 bits per heavy atom. The monoisotopic (exact) mass is 279 g/mol. The number of hydrogen-bond donors (Lipinski definition) is 1. The molecule has 5 heteroatoms. The molecule has 0 saturated heterocycles. The van der Waals surface area contributed by atoms with Crippen LogP contribution in [0.15, 0.2) is 36.5 Å². The van der Waals surface area contributed by atoms with E-state index in [0.29, 0.717) is 16.3 Å². The van der Waals surface area contributed by atoms with Gasteiger partial charge in [0.05, 0.1) is 11.6 Å². The highest BCUT2D eigenvalue weighted by Gasteiger charge is 2.10. The lowest BCUT2D eigenvalue weighted by Gasteiger charge is -2.04. The second-order valence-corrected chi connectivity index (χ2v) is 4.48. The van der Waals surface area contributed by atoms with Crippen LogP contribution in [-0.4, -0.2) is 15.9 Å². The van der Waals surface area contributed by atoms with Crippen molar-refractivity contribution in [2.75, 3.05) is 0 Å². The van der Waals surface area contributed by atoms with E-state index < -0.39 is 12.4 Å². The fraction of sp³-hybridized carbons (Fsp3) is 0.143. The highest BCUT2D eigenvalue weighted by atomic mass is 35.5. The Morgan fingerprint density at radius 3 is 2.74 bits per heavy atom. The van der Waals surface area contributed by atoms with Crippen LogP contribution in [0, 0.1) is 5.82 Å². The number of benzene rings is 1. The summed E-state index contributed by atoms with van der Waals surface area (Å²) in [5.41, 5.74) is 1.11. The van der Waals surface area contributed by atoms with Crippen molar-refractivity contribution in [3.63, 3.8) is 0 Å². The van der Waals surface area contributed by atoms with Gasteiger partial charge in [-0.3, -0.25) is 9.78 Å². The minimum absolute atomic E-state index is 0.0991. The Balaban J connectivity index is 2.17. The minimum Gasteiger partial charge on any atom is -0.392 e. The number of aliphatic hydroxyl groups is 1. The maximum Gasteiger partial charge on any atom is 0.185 e. The van der Waals surface area contributed by atoms with E-state index in [1.807, 2.05) is 0 Å². The van der Waals surface area contributed by atoms with E-state index in [-0.39, 0.29) is 17.8 Å². The molecule has 2 aromatic rings. The number of pyridine rings is 1. The molecule has 0 aliphatic heterocycles. The van der Waals surface area contributed by atoms with Gasteiger partial charge in [-0.2, -0.15) is 0 Å². The van der Waals surface area contributed by atoms with Gasteiger partial charge < -0.3 is 5.11 Å². The average molecular weight is 280 g/mol. The lowest BCUT2D eigenvalue weighted by atomic mass is 10.0. The number of aromatic nitrogens is 1. The van der Waals surface area contributed by atoms with Gasteiger partial charge in [-0.1, -0.05) is 23.7 Å². The molecule has 0 aliphatic carbocycles. The van der Waals surface area contributed by atoms with Crippen molar-refractivity contribution in [1.29, 1.82) is 0 Å². The largest absolute Gasteiger partial charge is 0.392 e. The van der Waals surface area contributed by atoms with Crippen LogP contribution < -0.4 is 0 Å². The fourth-order valence-electron chi connectivity index (χ4n) is 1.68. The summed E-state index contributed by atoms with van der Waals surface area (Å²) in [6, 6.07) is 7.36. The van der Waals surface area contributed by atoms with Gasteiger partial charge in [-0.15, -0.1) is 0 Å². The molecular weight excluding hydrogens is 269 g/mol. The molecule has 1 heterocycles. The highest BCUT2D eigenvalue weighted by molar-refractivity contribution is 6.30. The number of carbonyl (C=O) groups excluding carboxylic acids is 1. The number of hydrogen-bond acceptors (Lipinski definition) is 3. The third-order valence-electron chi connectivity index (χ3n) is 2.66. The Morgan fingerprint density at radius 2 is 2.11 bits per heavy atom. The molecule has 0 aliphatic rings. The fourth-order valence-corrected chi connectivity index (χ4v) is 1.79. The summed E-state index contributed by atoms with van der Waals surface area (Å²) in [6.07, 6.45) is 1.50. The molecule has 19 heavy (non-hydrogen) atoms. The topological polar surface area (TPSA) is 50.2 Å². The molecule has 0 atom stereocenters. The van der Waals surface area contributed by atoms with Crippen LogP contribution in [0.25, 0.3) is 0 Å². The molecule has 0 bridgehead atoms. The summed E-state index contributed by atoms with van der Waals surface area (Å²) >= 11 is 5.69. The standard InChI is InChI=1S/C14H11ClFNO2/c15-11-2-4-13(17-7-11)14(19)6-9-1-3-12(16)10(5-9)8-18/h1-5,7,18H,6,8H2. The van der Waals surface area contributed by atoms with Gasteiger partial charge in [0, 0.05) is 18.2 Å². The first-order valence-electron chi connectivity index (χ1n) is 5.63. The quantitative estimate of drug-likeness (QED) is 0.876. The number of rotatable bonds is 4. The van der Waals surface area contributed by atoms with Crippen LogP contribution in [-0.2, 0) is 13.0 Å². The predicted molar refractivity (Wildman–Crippen MR) is 69.6 cm³/mol. The van der Waals surface area contributed by atoms with Gasteiger partial charge in [0.2, 0.25) is 0 Å². The molecule has 3 nitrogen and oxygen atoms in total. The lowest BCUT2D eigenvalue weighted by molar-refractivity contribution is 0.0988. The molecule has 0 spiro atoms. The van der Waals surface area contributed by atoms with Crippen molar-refractivity contribution in [2.45, 2.75) is 13.0 Å². The van der Waals surface area contributed by atoms with E-state index in [2.05, 4.69) is 4.98 Å². The van der Waals surface area contributed by atoms with Gasteiger partial charge in [0.15, 0.2) is 5.78 Å². The van der Waals surface area contributed by atoms with E-state index in [1.54, 1.807) is 12.1 Å². The summed E-state index contributed by atoms with van der Waals surface area (Å²) in [4.78, 5) is 15.9. The Bertz CT molecular complexity index is 599. The van der Waals surface area contributed by atoms with E-state index in [9.17, 15) is 9.18 Å². The zero-order valence-corrected chi connectivity index (χ0v) is 10.7. The minimum atomic E-state index is -0.483. The van der Waals surface area contributed by atoms with Crippen LogP contribution in [0.2, 0.25) is 5.02 Å². The summed E-state index contributed by atoms with van der Waals surface area (Å²) in [7, 11) is 0. The molecule has 98 valence electrons. The van der Waals surface area contributed by atoms with Gasteiger partial charge in [0.25, 0.3) is 0 Å². The third kappa shape index (κ3) is 3.36. The summed E-state index contributed by atoms with van der Waals surface area (Å²) in [5.74, 6) is -0.671. The smallest absolute Gasteiger partial charge is 0.185 e. The Labute approximate surface area is 114 Å². The SMILES string of the molecule is O=C(Cc1ccc(F)c(CO)c1)c1ccc(Cl)cn1. The molecular formula is C14H11ClFNO2. The summed E-state index contributed by atoms with van der Waals surface area (Å²) in [5, 5.41) is 9.43. The molecule has 2 rings (SSSR count). The summed E-state index contributed by atoms with van der Waals surface area (Å²) in [6.45, 7) is -0.396. The molecule has 0 amide bonds. The molecule has 0 fully saturated rings. The molecule has 1 aromatic carbocycles. The van der Waals surface area contributed by atoms with Crippen molar-refractivity contribution in [3.05, 3.63) is 64.2 Å². The van der Waals surface area contributed by atoms with Crippen LogP contribution in [0.1, 0.15) is 21.6 Å². The number of aliphatic hydroxyl groups excluding tert-OH is 1. The van der Waals surface area contributed by atoms with E-state index in [1.165, 1.54) is 24.4 Å². The van der Waals surface area contributed by atoms with Gasteiger partial charge >= 0.3 is 0 Å². The lowest BCUT2D eigenvalue weighted by Crippen LogP contribution is -2.06. The molecule has 0 radical (unpaired) electrons. The second-order valence-electron chi connectivity index (χ2n) is 4.05. The second kappa shape index (κ2) is 5.91. The third-order valence-corrected chi connectivity index (χ3v) is 2.88. The highest BCUT2D eigenvalue weighted by Crippen LogP contribution is 2.13. The van der Waals surface area contributed by atoms with E-state index in [0.717, 1.165) is 0 Å². The van der Waals surface area contributed by atoms with Crippen LogP contribution in [0.3, 0.4) is 0 Å². The zero-order chi connectivity index (χ0) is 13.8. The van der Waals surface area contributed by atoms with Crippen molar-refractivity contribution in [3.8, 4) is 0 Å². The summed E-state index contributed by atoms with van der Waals surface area (Å²) < 4.78 is 13.2. The van der Waals surface area contributed by atoms with Crippen LogP contribution >= 0.6 is 11.6 Å². The first kappa shape index (κ1) is 13.6. The van der Waals surface area contributed by atoms with E-state index in [4.69, 9.17) is 16.7 Å². The Kier molecular flexibility index (Phi) is 4.24. The molecule has 1 aromatic heterocycles. The van der Waals surface area contributed by atoms with Crippen molar-refractivity contribution in [2.24, 2.45) is 0 Å². The maximum atomic E-state index is 13.2. The number of Topliss-reactive ketones (excluding diaryl/α,β-unsaturated/α-hetero) is 1. The van der Waals surface area contributed by atoms with Gasteiger partial charge in [0.1, 0.15) is 11.5 Å². The maximum absolute atomic E-state index is 13.2. The van der Waals surface area contributed by atoms with Gasteiger partial charge in [-0.25, -0.2) is 4.39 Å². The van der Waals surface area contributed by atoms with Crippen LogP contribution in [0.5, 0.6) is 0 Å². The number of nitrogens with zero attached hydrogens (tertiary/aromatic N) is 1. The van der Waals surface area contributed by atoms with Crippen molar-refractivity contribution >= 4 is 17.4 Å². The normalized spacial score (nSPS) is 10.5. The van der Waals surface area contributed by atoms with E-state index >= 15 is 0 Å².